The molecular formula is C16H20N5O2PS. The highest BCUT2D eigenvalue weighted by atomic mass is 32.2. The summed E-state index contributed by atoms with van der Waals surface area (Å²) in [5.74, 6) is 0.521. The van der Waals surface area contributed by atoms with Gasteiger partial charge in [-0.2, -0.15) is 0 Å². The molecular weight excluding hydrogens is 357 g/mol. The van der Waals surface area contributed by atoms with Gasteiger partial charge in [-0.1, -0.05) is 17.8 Å². The van der Waals surface area contributed by atoms with Gasteiger partial charge < -0.3 is 4.57 Å². The van der Waals surface area contributed by atoms with Crippen LogP contribution in [0, 0.1) is 0 Å². The number of nitrogens with zero attached hydrogens (tertiary/aromatic N) is 5. The molecule has 0 radical (unpaired) electrons. The second-order valence-electron chi connectivity index (χ2n) is 6.35. The summed E-state index contributed by atoms with van der Waals surface area (Å²) in [5.41, 5.74) is 0.861. The standard InChI is InChI=1S/C16H20N5O2PS/c1-10(2)20-15(22)11-9-17-16(25-5)19-14(11)21(20)12-7-6-8-13(18-12)24(3,4)23/h6-10H,1-5H3. The molecule has 3 aromatic heterocycles. The SMILES string of the molecule is CSc1ncc2c(=O)n(C(C)C)n(-c3cccc(P(C)(C)=O)n3)c2n1. The van der Waals surface area contributed by atoms with Crippen molar-refractivity contribution in [2.45, 2.75) is 25.0 Å². The fourth-order valence-corrected chi connectivity index (χ4v) is 3.72. The van der Waals surface area contributed by atoms with Crippen LogP contribution in [0.2, 0.25) is 0 Å². The molecule has 7 nitrogen and oxygen atoms in total. The first-order valence-electron chi connectivity index (χ1n) is 7.81. The number of aromatic nitrogens is 5. The molecule has 0 aliphatic carbocycles. The largest absolute Gasteiger partial charge is 0.318 e. The Morgan fingerprint density at radius 3 is 2.52 bits per heavy atom. The van der Waals surface area contributed by atoms with E-state index in [0.717, 1.165) is 0 Å². The summed E-state index contributed by atoms with van der Waals surface area (Å²) in [7, 11) is -2.52. The van der Waals surface area contributed by atoms with E-state index in [1.165, 1.54) is 11.8 Å². The van der Waals surface area contributed by atoms with Crippen molar-refractivity contribution in [3.05, 3.63) is 34.7 Å². The Labute approximate surface area is 149 Å². The maximum absolute atomic E-state index is 12.8. The minimum absolute atomic E-state index is 0.0973. The van der Waals surface area contributed by atoms with Gasteiger partial charge in [-0.15, -0.1) is 0 Å². The van der Waals surface area contributed by atoms with E-state index in [2.05, 4.69) is 15.0 Å². The molecule has 0 spiro atoms. The fraction of sp³-hybridized carbons (Fsp3) is 0.375. The fourth-order valence-electron chi connectivity index (χ4n) is 2.60. The summed E-state index contributed by atoms with van der Waals surface area (Å²) >= 11 is 1.41. The average molecular weight is 377 g/mol. The molecule has 3 aromatic rings. The first kappa shape index (κ1) is 17.9. The topological polar surface area (TPSA) is 82.7 Å². The van der Waals surface area contributed by atoms with E-state index in [-0.39, 0.29) is 11.6 Å². The van der Waals surface area contributed by atoms with Crippen molar-refractivity contribution in [3.63, 3.8) is 0 Å². The number of hydrogen-bond donors (Lipinski definition) is 0. The summed E-state index contributed by atoms with van der Waals surface area (Å²) in [4.78, 5) is 26.1. The van der Waals surface area contributed by atoms with Crippen molar-refractivity contribution >= 4 is 35.4 Å². The van der Waals surface area contributed by atoms with Crippen molar-refractivity contribution in [3.8, 4) is 5.82 Å². The summed E-state index contributed by atoms with van der Waals surface area (Å²) < 4.78 is 15.7. The molecule has 0 aliphatic rings. The smallest absolute Gasteiger partial charge is 0.278 e. The molecule has 0 saturated heterocycles. The lowest BCUT2D eigenvalue weighted by Gasteiger charge is -2.16. The number of hydrogen-bond acceptors (Lipinski definition) is 6. The third-order valence-corrected chi connectivity index (χ3v) is 5.68. The van der Waals surface area contributed by atoms with Crippen LogP contribution in [0.4, 0.5) is 0 Å². The van der Waals surface area contributed by atoms with Crippen molar-refractivity contribution in [1.82, 2.24) is 24.3 Å². The number of fused-ring (bicyclic) bond motifs is 1. The Morgan fingerprint density at radius 1 is 1.20 bits per heavy atom. The highest BCUT2D eigenvalue weighted by molar-refractivity contribution is 7.98. The van der Waals surface area contributed by atoms with E-state index in [0.29, 0.717) is 27.4 Å². The average Bonchev–Trinajstić information content (AvgIpc) is 2.86. The second-order valence-corrected chi connectivity index (χ2v) is 10.3. The Bertz CT molecular complexity index is 1050. The van der Waals surface area contributed by atoms with Crippen molar-refractivity contribution in [2.24, 2.45) is 0 Å². The number of thioether (sulfide) groups is 1. The van der Waals surface area contributed by atoms with Crippen LogP contribution < -0.4 is 11.0 Å². The maximum atomic E-state index is 12.8. The molecule has 3 heterocycles. The first-order chi connectivity index (χ1) is 11.7. The summed E-state index contributed by atoms with van der Waals surface area (Å²) in [6.45, 7) is 7.20. The van der Waals surface area contributed by atoms with E-state index >= 15 is 0 Å². The van der Waals surface area contributed by atoms with Crippen LogP contribution in [0.5, 0.6) is 0 Å². The van der Waals surface area contributed by atoms with E-state index in [4.69, 9.17) is 0 Å². The van der Waals surface area contributed by atoms with E-state index in [1.807, 2.05) is 20.1 Å². The second kappa shape index (κ2) is 6.42. The predicted octanol–water partition coefficient (Wildman–Crippen LogP) is 2.53. The van der Waals surface area contributed by atoms with Gasteiger partial charge in [0.25, 0.3) is 5.56 Å². The van der Waals surface area contributed by atoms with Gasteiger partial charge in [0.05, 0.1) is 0 Å². The van der Waals surface area contributed by atoms with Crippen molar-refractivity contribution < 1.29 is 4.57 Å². The van der Waals surface area contributed by atoms with Gasteiger partial charge in [0, 0.05) is 12.2 Å². The van der Waals surface area contributed by atoms with Crippen LogP contribution >= 0.6 is 18.9 Å². The van der Waals surface area contributed by atoms with Gasteiger partial charge in [0.1, 0.15) is 18.0 Å². The van der Waals surface area contributed by atoms with Crippen LogP contribution in [-0.4, -0.2) is 43.9 Å². The molecule has 0 aromatic carbocycles. The zero-order chi connectivity index (χ0) is 18.4. The summed E-state index contributed by atoms with van der Waals surface area (Å²) in [6, 6.07) is 5.24. The number of rotatable bonds is 4. The lowest BCUT2D eigenvalue weighted by molar-refractivity contribution is 0.471. The Hall–Kier alpha value is -1.92. The molecule has 3 rings (SSSR count). The summed E-state index contributed by atoms with van der Waals surface area (Å²) in [5, 5.41) is 1.02. The summed E-state index contributed by atoms with van der Waals surface area (Å²) in [6.07, 6.45) is 3.44. The van der Waals surface area contributed by atoms with Crippen LogP contribution in [-0.2, 0) is 4.57 Å². The third-order valence-electron chi connectivity index (χ3n) is 3.76. The molecule has 9 heteroatoms. The van der Waals surface area contributed by atoms with Gasteiger partial charge in [-0.05, 0) is 45.6 Å². The van der Waals surface area contributed by atoms with Crippen molar-refractivity contribution in [2.75, 3.05) is 19.6 Å². The zero-order valence-corrected chi connectivity index (χ0v) is 16.5. The van der Waals surface area contributed by atoms with Crippen LogP contribution in [0.15, 0.2) is 34.3 Å². The van der Waals surface area contributed by atoms with Crippen molar-refractivity contribution in [1.29, 1.82) is 0 Å². The minimum atomic E-state index is -2.52. The normalized spacial score (nSPS) is 12.2. The number of pyridine rings is 1. The predicted molar refractivity (Wildman–Crippen MR) is 102 cm³/mol. The van der Waals surface area contributed by atoms with E-state index in [9.17, 15) is 9.36 Å². The molecule has 0 bridgehead atoms. The quantitative estimate of drug-likeness (QED) is 0.395. The Morgan fingerprint density at radius 2 is 1.92 bits per heavy atom. The van der Waals surface area contributed by atoms with Gasteiger partial charge in [-0.3, -0.25) is 4.79 Å². The van der Waals surface area contributed by atoms with Crippen LogP contribution in [0.1, 0.15) is 19.9 Å². The van der Waals surface area contributed by atoms with Crippen LogP contribution in [0.3, 0.4) is 0 Å². The molecule has 0 unspecified atom stereocenters. The molecule has 25 heavy (non-hydrogen) atoms. The highest BCUT2D eigenvalue weighted by Gasteiger charge is 2.21. The highest BCUT2D eigenvalue weighted by Crippen LogP contribution is 2.33. The van der Waals surface area contributed by atoms with E-state index < -0.39 is 7.14 Å². The lowest BCUT2D eigenvalue weighted by Crippen LogP contribution is -2.25. The molecule has 0 saturated carbocycles. The van der Waals surface area contributed by atoms with E-state index in [1.54, 1.807) is 47.1 Å². The Kier molecular flexibility index (Phi) is 4.60. The Balaban J connectivity index is 2.40. The first-order valence-corrected chi connectivity index (χ1v) is 11.6. The molecule has 0 atom stereocenters. The van der Waals surface area contributed by atoms with Gasteiger partial charge in [-0.25, -0.2) is 24.3 Å². The maximum Gasteiger partial charge on any atom is 0.278 e. The lowest BCUT2D eigenvalue weighted by atomic mass is 10.4. The molecule has 132 valence electrons. The molecule has 0 aliphatic heterocycles. The molecule has 0 N–H and O–H groups in total. The zero-order valence-electron chi connectivity index (χ0n) is 14.8. The molecule has 0 fully saturated rings. The minimum Gasteiger partial charge on any atom is -0.318 e. The monoisotopic (exact) mass is 377 g/mol. The third kappa shape index (κ3) is 3.16. The van der Waals surface area contributed by atoms with Gasteiger partial charge in [0.2, 0.25) is 0 Å². The molecule has 0 amide bonds. The van der Waals surface area contributed by atoms with Gasteiger partial charge in [0.15, 0.2) is 16.6 Å². The van der Waals surface area contributed by atoms with Crippen LogP contribution in [0.25, 0.3) is 16.9 Å². The van der Waals surface area contributed by atoms with Gasteiger partial charge >= 0.3 is 0 Å².